The third-order valence-corrected chi connectivity index (χ3v) is 6.24. The molecule has 5 nitrogen and oxygen atoms in total. The Kier molecular flexibility index (Phi) is 6.86. The molecule has 1 aliphatic heterocycles. The van der Waals surface area contributed by atoms with Gasteiger partial charge in [0.25, 0.3) is 0 Å². The normalized spacial score (nSPS) is 21.5. The molecule has 1 amide bonds. The maximum Gasteiger partial charge on any atom is 0.225 e. The topological polar surface area (TPSA) is 56.7 Å². The van der Waals surface area contributed by atoms with Gasteiger partial charge in [-0.25, -0.2) is 0 Å². The lowest BCUT2D eigenvalue weighted by Gasteiger charge is -2.41. The van der Waals surface area contributed by atoms with Crippen molar-refractivity contribution in [1.82, 2.24) is 15.5 Å². The average Bonchev–Trinajstić information content (AvgIpc) is 3.10. The van der Waals surface area contributed by atoms with Gasteiger partial charge in [-0.1, -0.05) is 44.0 Å². The van der Waals surface area contributed by atoms with Crippen molar-refractivity contribution in [3.05, 3.63) is 34.9 Å². The minimum atomic E-state index is 0.0542. The van der Waals surface area contributed by atoms with Crippen LogP contribution in [-0.4, -0.2) is 49.0 Å². The first-order valence-electron chi connectivity index (χ1n) is 10.5. The highest BCUT2D eigenvalue weighted by molar-refractivity contribution is 6.30. The van der Waals surface area contributed by atoms with Crippen molar-refractivity contribution < 1.29 is 4.79 Å². The number of guanidine groups is 1. The van der Waals surface area contributed by atoms with E-state index in [0.29, 0.717) is 0 Å². The van der Waals surface area contributed by atoms with Crippen LogP contribution >= 0.6 is 11.6 Å². The van der Waals surface area contributed by atoms with Gasteiger partial charge in [-0.3, -0.25) is 9.79 Å². The van der Waals surface area contributed by atoms with E-state index in [0.717, 1.165) is 56.4 Å². The molecular formula is C22H33ClN4O. The van der Waals surface area contributed by atoms with Crippen LogP contribution in [0.5, 0.6) is 0 Å². The van der Waals surface area contributed by atoms with Gasteiger partial charge in [0.2, 0.25) is 5.91 Å². The minimum Gasteiger partial charge on any atom is -0.357 e. The van der Waals surface area contributed by atoms with Gasteiger partial charge in [-0.15, -0.1) is 0 Å². The van der Waals surface area contributed by atoms with Gasteiger partial charge < -0.3 is 15.5 Å². The molecule has 6 heteroatoms. The summed E-state index contributed by atoms with van der Waals surface area (Å²) in [4.78, 5) is 19.1. The van der Waals surface area contributed by atoms with Gasteiger partial charge >= 0.3 is 0 Å². The van der Waals surface area contributed by atoms with Crippen LogP contribution in [0.25, 0.3) is 0 Å². The summed E-state index contributed by atoms with van der Waals surface area (Å²) in [5, 5.41) is 7.69. The van der Waals surface area contributed by atoms with Crippen LogP contribution in [0.2, 0.25) is 5.02 Å². The first kappa shape index (κ1) is 21.0. The van der Waals surface area contributed by atoms with Crippen molar-refractivity contribution in [1.29, 1.82) is 0 Å². The number of aliphatic imine (C=N–C) groups is 1. The van der Waals surface area contributed by atoms with E-state index in [9.17, 15) is 4.79 Å². The van der Waals surface area contributed by atoms with E-state index in [4.69, 9.17) is 16.6 Å². The van der Waals surface area contributed by atoms with Crippen molar-refractivity contribution in [3.8, 4) is 0 Å². The number of carbonyl (C=O) groups excluding carboxylic acids is 1. The maximum absolute atomic E-state index is 12.2. The number of hydrogen-bond acceptors (Lipinski definition) is 2. The summed E-state index contributed by atoms with van der Waals surface area (Å²) in [5.74, 6) is 1.15. The highest BCUT2D eigenvalue weighted by Gasteiger charge is 2.38. The van der Waals surface area contributed by atoms with E-state index in [1.165, 1.54) is 12.0 Å². The zero-order chi connectivity index (χ0) is 20.1. The fourth-order valence-corrected chi connectivity index (χ4v) is 4.26. The molecule has 1 aromatic rings. The molecule has 1 saturated heterocycles. The molecule has 1 unspecified atom stereocenters. The van der Waals surface area contributed by atoms with Crippen molar-refractivity contribution in [2.75, 3.05) is 26.2 Å². The lowest BCUT2D eigenvalue weighted by molar-refractivity contribution is -0.133. The summed E-state index contributed by atoms with van der Waals surface area (Å²) in [7, 11) is 0. The molecule has 1 heterocycles. The van der Waals surface area contributed by atoms with E-state index < -0.39 is 0 Å². The number of likely N-dealkylation sites (tertiary alicyclic amines) is 1. The Morgan fingerprint density at radius 3 is 2.61 bits per heavy atom. The second-order valence-corrected chi connectivity index (χ2v) is 8.84. The lowest BCUT2D eigenvalue weighted by Crippen LogP contribution is -2.46. The molecule has 1 aromatic carbocycles. The second-order valence-electron chi connectivity index (χ2n) is 8.40. The molecule has 2 N–H and O–H groups in total. The molecule has 1 aliphatic carbocycles. The van der Waals surface area contributed by atoms with Crippen LogP contribution in [0.4, 0.5) is 0 Å². The van der Waals surface area contributed by atoms with E-state index in [1.807, 2.05) is 30.9 Å². The van der Waals surface area contributed by atoms with Crippen LogP contribution in [0, 0.1) is 5.92 Å². The lowest BCUT2D eigenvalue weighted by atomic mass is 9.64. The minimum absolute atomic E-state index is 0.0542. The number of amides is 1. The molecule has 0 bridgehead atoms. The molecule has 28 heavy (non-hydrogen) atoms. The zero-order valence-electron chi connectivity index (χ0n) is 17.3. The number of halogens is 1. The highest BCUT2D eigenvalue weighted by Crippen LogP contribution is 2.44. The summed E-state index contributed by atoms with van der Waals surface area (Å²) in [6, 6.07) is 8.49. The van der Waals surface area contributed by atoms with Crippen molar-refractivity contribution in [2.24, 2.45) is 10.9 Å². The summed E-state index contributed by atoms with van der Waals surface area (Å²) < 4.78 is 0. The fourth-order valence-electron chi connectivity index (χ4n) is 4.13. The van der Waals surface area contributed by atoms with E-state index in [-0.39, 0.29) is 23.3 Å². The number of carbonyl (C=O) groups is 1. The van der Waals surface area contributed by atoms with Gasteiger partial charge in [0.15, 0.2) is 5.96 Å². The van der Waals surface area contributed by atoms with Gasteiger partial charge in [-0.2, -0.15) is 0 Å². The molecule has 3 rings (SSSR count). The van der Waals surface area contributed by atoms with Crippen LogP contribution in [-0.2, 0) is 10.2 Å². The second kappa shape index (κ2) is 9.17. The van der Waals surface area contributed by atoms with Crippen molar-refractivity contribution >= 4 is 23.5 Å². The predicted molar refractivity (Wildman–Crippen MR) is 116 cm³/mol. The SMILES string of the molecule is CCNC(=NCC1(c2ccc(Cl)cc2)CCC1)NC1CCN(C(=O)C(C)C)C1. The Morgan fingerprint density at radius 2 is 2.04 bits per heavy atom. The van der Waals surface area contributed by atoms with Gasteiger partial charge in [0.05, 0.1) is 6.54 Å². The van der Waals surface area contributed by atoms with Gasteiger partial charge in [0, 0.05) is 42.0 Å². The van der Waals surface area contributed by atoms with Crippen LogP contribution in [0.1, 0.15) is 52.0 Å². The number of rotatable bonds is 6. The van der Waals surface area contributed by atoms with Gasteiger partial charge in [-0.05, 0) is 43.9 Å². The molecular weight excluding hydrogens is 372 g/mol. The summed E-state index contributed by atoms with van der Waals surface area (Å²) in [5.41, 5.74) is 1.46. The molecule has 0 aromatic heterocycles. The third kappa shape index (κ3) is 4.80. The molecule has 2 fully saturated rings. The zero-order valence-corrected chi connectivity index (χ0v) is 18.1. The Balaban J connectivity index is 1.64. The van der Waals surface area contributed by atoms with Crippen LogP contribution in [0.15, 0.2) is 29.3 Å². The molecule has 0 spiro atoms. The molecule has 154 valence electrons. The Morgan fingerprint density at radius 1 is 1.32 bits per heavy atom. The summed E-state index contributed by atoms with van der Waals surface area (Å²) >= 11 is 6.06. The number of hydrogen-bond donors (Lipinski definition) is 2. The standard InChI is InChI=1S/C22H33ClN4O/c1-4-24-21(26-19-10-13-27(14-19)20(28)16(2)3)25-15-22(11-5-12-22)17-6-8-18(23)9-7-17/h6-9,16,19H,4-5,10-15H2,1-3H3,(H2,24,25,26). The fraction of sp³-hybridized carbons (Fsp3) is 0.636. The molecule has 1 saturated carbocycles. The molecule has 0 radical (unpaired) electrons. The number of nitrogens with zero attached hydrogens (tertiary/aromatic N) is 2. The monoisotopic (exact) mass is 404 g/mol. The third-order valence-electron chi connectivity index (χ3n) is 5.99. The first-order valence-corrected chi connectivity index (χ1v) is 10.9. The van der Waals surface area contributed by atoms with Crippen molar-refractivity contribution in [3.63, 3.8) is 0 Å². The quantitative estimate of drug-likeness (QED) is 0.562. The number of benzene rings is 1. The largest absolute Gasteiger partial charge is 0.357 e. The Labute approximate surface area is 173 Å². The highest BCUT2D eigenvalue weighted by atomic mass is 35.5. The van der Waals surface area contributed by atoms with E-state index >= 15 is 0 Å². The van der Waals surface area contributed by atoms with E-state index in [2.05, 4.69) is 29.7 Å². The predicted octanol–water partition coefficient (Wildman–Crippen LogP) is 3.57. The van der Waals surface area contributed by atoms with Crippen LogP contribution in [0.3, 0.4) is 0 Å². The Hall–Kier alpha value is -1.75. The first-order chi connectivity index (χ1) is 13.4. The van der Waals surface area contributed by atoms with Crippen molar-refractivity contribution in [2.45, 2.75) is 57.9 Å². The average molecular weight is 405 g/mol. The summed E-state index contributed by atoms with van der Waals surface area (Å²) in [6.45, 7) is 9.17. The Bertz CT molecular complexity index is 697. The van der Waals surface area contributed by atoms with E-state index in [1.54, 1.807) is 0 Å². The number of nitrogens with one attached hydrogen (secondary N) is 2. The molecule has 1 atom stereocenters. The van der Waals surface area contributed by atoms with Gasteiger partial charge in [0.1, 0.15) is 0 Å². The van der Waals surface area contributed by atoms with Crippen LogP contribution < -0.4 is 10.6 Å². The summed E-state index contributed by atoms with van der Waals surface area (Å²) in [6.07, 6.45) is 4.54. The molecule has 2 aliphatic rings. The maximum atomic E-state index is 12.2. The smallest absolute Gasteiger partial charge is 0.225 e.